The molecule has 17 heavy (non-hydrogen) atoms. The molecule has 0 aromatic rings. The molecule has 0 amide bonds. The molecule has 1 heterocycles. The molecule has 2 rings (SSSR count). The zero-order chi connectivity index (χ0) is 12.8. The van der Waals surface area contributed by atoms with E-state index >= 15 is 0 Å². The van der Waals surface area contributed by atoms with Crippen LogP contribution < -0.4 is 5.73 Å². The summed E-state index contributed by atoms with van der Waals surface area (Å²) in [6.45, 7) is 2.28. The first-order valence-corrected chi connectivity index (χ1v) is 6.53. The van der Waals surface area contributed by atoms with E-state index in [-0.39, 0.29) is 6.61 Å². The van der Waals surface area contributed by atoms with Crippen molar-refractivity contribution in [3.63, 3.8) is 0 Å². The fourth-order valence-electron chi connectivity index (χ4n) is 1.63. The Morgan fingerprint density at radius 2 is 1.76 bits per heavy atom. The van der Waals surface area contributed by atoms with Crippen molar-refractivity contribution in [2.45, 2.75) is 32.1 Å². The van der Waals surface area contributed by atoms with Crippen LogP contribution in [0, 0.1) is 5.92 Å². The Morgan fingerprint density at radius 1 is 1.12 bits per heavy atom. The van der Waals surface area contributed by atoms with Crippen molar-refractivity contribution in [2.75, 3.05) is 26.9 Å². The Morgan fingerprint density at radius 3 is 2.18 bits per heavy atom. The molecule has 100 valence electrons. The number of rotatable bonds is 1. The van der Waals surface area contributed by atoms with Gasteiger partial charge in [-0.3, -0.25) is 0 Å². The minimum Gasteiger partial charge on any atom is -0.396 e. The topological polar surface area (TPSA) is 55.5 Å². The lowest BCUT2D eigenvalue weighted by molar-refractivity contribution is 0.144. The summed E-state index contributed by atoms with van der Waals surface area (Å²) >= 11 is 0. The molecule has 0 bridgehead atoms. The first-order chi connectivity index (χ1) is 8.43. The van der Waals surface area contributed by atoms with Crippen molar-refractivity contribution in [3.8, 4) is 0 Å². The highest BCUT2D eigenvalue weighted by Crippen LogP contribution is 2.09. The molecule has 3 heteroatoms. The van der Waals surface area contributed by atoms with Gasteiger partial charge < -0.3 is 15.6 Å². The molecule has 1 unspecified atom stereocenters. The molecule has 0 radical (unpaired) electrons. The van der Waals surface area contributed by atoms with E-state index in [0.29, 0.717) is 5.92 Å². The lowest BCUT2D eigenvalue weighted by atomic mass is 10.0. The molecule has 0 aromatic carbocycles. The Hall–Kier alpha value is -0.640. The Labute approximate surface area is 105 Å². The minimum absolute atomic E-state index is 0.279. The average molecular weight is 241 g/mol. The maximum Gasteiger partial charge on any atom is 0.0496 e. The molecule has 0 saturated carbocycles. The van der Waals surface area contributed by atoms with E-state index in [9.17, 15) is 0 Å². The second-order valence-corrected chi connectivity index (χ2v) is 4.02. The van der Waals surface area contributed by atoms with E-state index in [1.807, 2.05) is 18.2 Å². The van der Waals surface area contributed by atoms with E-state index in [2.05, 4.69) is 11.8 Å². The summed E-state index contributed by atoms with van der Waals surface area (Å²) in [5, 5.41) is 8.61. The number of ether oxygens (including phenoxy) is 1. The summed E-state index contributed by atoms with van der Waals surface area (Å²) in [6, 6.07) is 0. The highest BCUT2D eigenvalue weighted by molar-refractivity contribution is 5.10. The van der Waals surface area contributed by atoms with Gasteiger partial charge in [-0.05, 0) is 26.3 Å². The molecule has 1 fully saturated rings. The molecule has 1 aliphatic carbocycles. The normalized spacial score (nSPS) is 22.6. The van der Waals surface area contributed by atoms with Crippen LogP contribution >= 0.6 is 0 Å². The third-order valence-electron chi connectivity index (χ3n) is 2.63. The molecular weight excluding hydrogens is 214 g/mol. The van der Waals surface area contributed by atoms with Crippen LogP contribution in [-0.4, -0.2) is 32.0 Å². The van der Waals surface area contributed by atoms with Gasteiger partial charge >= 0.3 is 0 Å². The van der Waals surface area contributed by atoms with Gasteiger partial charge in [-0.25, -0.2) is 0 Å². The van der Waals surface area contributed by atoms with Crippen LogP contribution in [0.2, 0.25) is 0 Å². The van der Waals surface area contributed by atoms with Crippen molar-refractivity contribution in [3.05, 3.63) is 24.3 Å². The molecule has 1 atom stereocenters. The number of allylic oxidation sites excluding steroid dienone is 3. The second-order valence-electron chi connectivity index (χ2n) is 4.02. The van der Waals surface area contributed by atoms with Crippen molar-refractivity contribution in [2.24, 2.45) is 11.7 Å². The highest BCUT2D eigenvalue weighted by Gasteiger charge is 2.00. The number of nitrogens with two attached hydrogens (primary N) is 1. The first-order valence-electron chi connectivity index (χ1n) is 6.53. The average Bonchev–Trinajstić information content (AvgIpc) is 2.75. The van der Waals surface area contributed by atoms with Crippen LogP contribution in [0.4, 0.5) is 0 Å². The van der Waals surface area contributed by atoms with Crippen LogP contribution in [0.5, 0.6) is 0 Å². The number of hydrogen-bond acceptors (Lipinski definition) is 3. The summed E-state index contributed by atoms with van der Waals surface area (Å²) < 4.78 is 5.19. The van der Waals surface area contributed by atoms with Gasteiger partial charge in [0.1, 0.15) is 0 Å². The van der Waals surface area contributed by atoms with Crippen LogP contribution in [0.3, 0.4) is 0 Å². The molecule has 3 N–H and O–H groups in total. The van der Waals surface area contributed by atoms with Crippen LogP contribution in [0.15, 0.2) is 24.3 Å². The summed E-state index contributed by atoms with van der Waals surface area (Å²) in [5.41, 5.74) is 4.50. The zero-order valence-electron chi connectivity index (χ0n) is 11.0. The second kappa shape index (κ2) is 13.4. The minimum atomic E-state index is 0.279. The molecule has 0 spiro atoms. The Bertz CT molecular complexity index is 183. The maximum absolute atomic E-state index is 8.61. The van der Waals surface area contributed by atoms with Gasteiger partial charge in [-0.1, -0.05) is 37.1 Å². The lowest BCUT2D eigenvalue weighted by Gasteiger charge is -2.06. The largest absolute Gasteiger partial charge is 0.396 e. The molecule has 3 nitrogen and oxygen atoms in total. The van der Waals surface area contributed by atoms with Crippen molar-refractivity contribution >= 4 is 0 Å². The zero-order valence-corrected chi connectivity index (χ0v) is 11.0. The summed E-state index contributed by atoms with van der Waals surface area (Å²) in [7, 11) is 1.50. The third-order valence-corrected chi connectivity index (χ3v) is 2.63. The standard InChI is InChI=1S/C7H10O.C6H12O.CH5N/c8-6-7-4-2-1-3-5-7;1-2-4-6-7-5-3-1;1-2/h1-4,7-8H,5-6H2;1-6H2;2H2,1H3. The fourth-order valence-corrected chi connectivity index (χ4v) is 1.63. The van der Waals surface area contributed by atoms with Gasteiger partial charge in [-0.15, -0.1) is 0 Å². The van der Waals surface area contributed by atoms with Gasteiger partial charge in [0, 0.05) is 25.7 Å². The van der Waals surface area contributed by atoms with E-state index in [4.69, 9.17) is 9.84 Å². The molecular formula is C14H27NO2. The third kappa shape index (κ3) is 10.2. The summed E-state index contributed by atoms with van der Waals surface area (Å²) in [6.07, 6.45) is 14.4. The van der Waals surface area contributed by atoms with E-state index in [1.54, 1.807) is 0 Å². The maximum atomic E-state index is 8.61. The molecule has 2 aliphatic rings. The fraction of sp³-hybridized carbons (Fsp3) is 0.714. The van der Waals surface area contributed by atoms with E-state index in [1.165, 1.54) is 32.7 Å². The van der Waals surface area contributed by atoms with Gasteiger partial charge in [0.25, 0.3) is 0 Å². The van der Waals surface area contributed by atoms with E-state index in [0.717, 1.165) is 19.6 Å². The van der Waals surface area contributed by atoms with Crippen molar-refractivity contribution in [1.82, 2.24) is 0 Å². The van der Waals surface area contributed by atoms with E-state index < -0.39 is 0 Å². The monoisotopic (exact) mass is 241 g/mol. The quantitative estimate of drug-likeness (QED) is 0.740. The first kappa shape index (κ1) is 16.4. The number of aliphatic hydroxyl groups excluding tert-OH is 1. The lowest BCUT2D eigenvalue weighted by Crippen LogP contribution is -2.01. The summed E-state index contributed by atoms with van der Waals surface area (Å²) in [4.78, 5) is 0. The van der Waals surface area contributed by atoms with Crippen molar-refractivity contribution in [1.29, 1.82) is 0 Å². The Balaban J connectivity index is 0.000000265. The molecule has 1 saturated heterocycles. The predicted octanol–water partition coefficient (Wildman–Crippen LogP) is 2.26. The van der Waals surface area contributed by atoms with Crippen LogP contribution in [0.25, 0.3) is 0 Å². The van der Waals surface area contributed by atoms with Crippen LogP contribution in [-0.2, 0) is 4.74 Å². The summed E-state index contributed by atoms with van der Waals surface area (Å²) in [5.74, 6) is 0.375. The smallest absolute Gasteiger partial charge is 0.0496 e. The SMILES string of the molecule is C1CCCOCC1.CN.OCC1C=CC=CC1. The van der Waals surface area contributed by atoms with Gasteiger partial charge in [0.05, 0.1) is 0 Å². The Kier molecular flexibility index (Phi) is 12.9. The van der Waals surface area contributed by atoms with Crippen LogP contribution in [0.1, 0.15) is 32.1 Å². The van der Waals surface area contributed by atoms with Gasteiger partial charge in [0.15, 0.2) is 0 Å². The highest BCUT2D eigenvalue weighted by atomic mass is 16.5. The molecule has 0 aromatic heterocycles. The van der Waals surface area contributed by atoms with Gasteiger partial charge in [0.2, 0.25) is 0 Å². The predicted molar refractivity (Wildman–Crippen MR) is 72.9 cm³/mol. The van der Waals surface area contributed by atoms with Gasteiger partial charge in [-0.2, -0.15) is 0 Å². The number of aliphatic hydroxyl groups is 1. The van der Waals surface area contributed by atoms with Crippen molar-refractivity contribution < 1.29 is 9.84 Å². The number of hydrogen-bond donors (Lipinski definition) is 2. The molecule has 1 aliphatic heterocycles.